The topological polar surface area (TPSA) is 66.8 Å². The minimum atomic E-state index is -1.26. The average Bonchev–Trinajstić information content (AvgIpc) is 2.95. The summed E-state index contributed by atoms with van der Waals surface area (Å²) in [5, 5.41) is 12.9. The minimum absolute atomic E-state index is 0.273. The molecule has 1 unspecified atom stereocenters. The van der Waals surface area contributed by atoms with Gasteiger partial charge in [-0.3, -0.25) is 5.32 Å². The summed E-state index contributed by atoms with van der Waals surface area (Å²) in [5.41, 5.74) is 2.91. The van der Waals surface area contributed by atoms with E-state index >= 15 is 0 Å². The van der Waals surface area contributed by atoms with Crippen molar-refractivity contribution >= 4 is 8.53 Å². The van der Waals surface area contributed by atoms with Crippen LogP contribution in [0.5, 0.6) is 5.75 Å². The Labute approximate surface area is 235 Å². The van der Waals surface area contributed by atoms with Gasteiger partial charge in [0.25, 0.3) is 8.53 Å². The van der Waals surface area contributed by atoms with Gasteiger partial charge in [-0.2, -0.15) is 5.26 Å². The van der Waals surface area contributed by atoms with Crippen LogP contribution in [-0.4, -0.2) is 43.6 Å². The first kappa shape index (κ1) is 30.8. The van der Waals surface area contributed by atoms with Gasteiger partial charge in [0.1, 0.15) is 5.75 Å². The summed E-state index contributed by atoms with van der Waals surface area (Å²) >= 11 is 0. The van der Waals surface area contributed by atoms with E-state index in [-0.39, 0.29) is 12.1 Å². The summed E-state index contributed by atoms with van der Waals surface area (Å²) in [6.07, 6.45) is 1.15. The third kappa shape index (κ3) is 8.11. The lowest BCUT2D eigenvalue weighted by Crippen LogP contribution is -2.45. The highest BCUT2D eigenvalue weighted by Gasteiger charge is 2.36. The maximum atomic E-state index is 8.98. The molecule has 0 spiro atoms. The van der Waals surface area contributed by atoms with Crippen LogP contribution in [0.2, 0.25) is 0 Å². The third-order valence-corrected chi connectivity index (χ3v) is 8.62. The lowest BCUT2D eigenvalue weighted by Gasteiger charge is -2.37. The molecule has 3 rings (SSSR count). The molecule has 0 aliphatic rings. The second-order valence-electron chi connectivity index (χ2n) is 9.87. The summed E-state index contributed by atoms with van der Waals surface area (Å²) in [5.74, 6) is 0.826. The van der Waals surface area contributed by atoms with Crippen molar-refractivity contribution in [2.45, 2.75) is 58.2 Å². The van der Waals surface area contributed by atoms with E-state index < -0.39 is 14.1 Å². The van der Waals surface area contributed by atoms with Gasteiger partial charge in [-0.1, -0.05) is 72.8 Å². The number of ether oxygens (including phenoxy) is 1. The first-order valence-electron chi connectivity index (χ1n) is 13.7. The average molecular weight is 548 g/mol. The molecule has 0 saturated carbocycles. The van der Waals surface area contributed by atoms with Crippen LogP contribution in [0.25, 0.3) is 0 Å². The zero-order valence-corrected chi connectivity index (χ0v) is 24.7. The monoisotopic (exact) mass is 547 g/mol. The smallest absolute Gasteiger partial charge is 0.259 e. The molecule has 0 saturated heterocycles. The highest BCUT2D eigenvalue weighted by Crippen LogP contribution is 2.46. The Balaban J connectivity index is 1.83. The number of benzene rings is 3. The lowest BCUT2D eigenvalue weighted by atomic mass is 9.77. The maximum absolute atomic E-state index is 8.98. The predicted molar refractivity (Wildman–Crippen MR) is 160 cm³/mol. The first-order chi connectivity index (χ1) is 18.9. The summed E-state index contributed by atoms with van der Waals surface area (Å²) in [7, 11) is 0.432. The van der Waals surface area contributed by atoms with Gasteiger partial charge >= 0.3 is 0 Å². The molecule has 0 heterocycles. The Hall–Kier alpha value is -2.78. The Bertz CT molecular complexity index is 1090. The van der Waals surface area contributed by atoms with E-state index in [0.717, 1.165) is 35.4 Å². The van der Waals surface area contributed by atoms with E-state index in [1.807, 2.05) is 24.3 Å². The van der Waals surface area contributed by atoms with Gasteiger partial charge in [-0.05, 0) is 69.5 Å². The highest BCUT2D eigenvalue weighted by molar-refractivity contribution is 7.44. The van der Waals surface area contributed by atoms with Crippen LogP contribution in [-0.2, 0) is 14.6 Å². The summed E-state index contributed by atoms with van der Waals surface area (Å²) in [4.78, 5) is 0. The van der Waals surface area contributed by atoms with Gasteiger partial charge in [0.2, 0.25) is 0 Å². The molecular weight excluding hydrogens is 505 g/mol. The van der Waals surface area contributed by atoms with Gasteiger partial charge in [0, 0.05) is 12.1 Å². The standard InChI is InChI=1S/C32H42N3O3P/c1-26(2)35(27(3)4)39(37-24-12-22-33)38-25-13-23-34-32(28-14-8-6-9-15-28,29-16-10-7-11-17-29)30-18-20-31(36-5)21-19-30/h6-11,14-21,26-27,34H,12-13,23-25H2,1-5H3. The fourth-order valence-corrected chi connectivity index (χ4v) is 6.46. The first-order valence-corrected chi connectivity index (χ1v) is 14.8. The maximum Gasteiger partial charge on any atom is 0.259 e. The molecule has 6 nitrogen and oxygen atoms in total. The summed E-state index contributed by atoms with van der Waals surface area (Å²) < 4.78 is 20.1. The van der Waals surface area contributed by atoms with Crippen LogP contribution in [0.4, 0.5) is 0 Å². The zero-order valence-electron chi connectivity index (χ0n) is 23.8. The van der Waals surface area contributed by atoms with Gasteiger partial charge < -0.3 is 13.8 Å². The van der Waals surface area contributed by atoms with Crippen molar-refractivity contribution in [1.29, 1.82) is 5.26 Å². The van der Waals surface area contributed by atoms with Crippen molar-refractivity contribution in [2.24, 2.45) is 0 Å². The molecule has 3 aromatic rings. The second kappa shape index (κ2) is 15.7. The summed E-state index contributed by atoms with van der Waals surface area (Å²) in [6.45, 7) is 10.2. The summed E-state index contributed by atoms with van der Waals surface area (Å²) in [6, 6.07) is 32.1. The Morgan fingerprint density at radius 2 is 1.31 bits per heavy atom. The van der Waals surface area contributed by atoms with Crippen LogP contribution in [0.15, 0.2) is 84.9 Å². The van der Waals surface area contributed by atoms with Gasteiger partial charge in [-0.15, -0.1) is 0 Å². The minimum Gasteiger partial charge on any atom is -0.497 e. The molecule has 1 atom stereocenters. The number of nitrogens with one attached hydrogen (secondary N) is 1. The molecule has 0 amide bonds. The zero-order chi connectivity index (χ0) is 28.1. The Morgan fingerprint density at radius 1 is 0.795 bits per heavy atom. The van der Waals surface area contributed by atoms with Crippen molar-refractivity contribution in [1.82, 2.24) is 9.99 Å². The van der Waals surface area contributed by atoms with Crippen LogP contribution in [0, 0.1) is 11.3 Å². The van der Waals surface area contributed by atoms with Crippen molar-refractivity contribution in [3.05, 3.63) is 102 Å². The van der Waals surface area contributed by atoms with E-state index in [1.165, 1.54) is 0 Å². The number of hydrogen-bond acceptors (Lipinski definition) is 6. The van der Waals surface area contributed by atoms with E-state index in [2.05, 4.69) is 104 Å². The Kier molecular flexibility index (Phi) is 12.4. The number of nitriles is 1. The molecule has 0 bridgehead atoms. The van der Waals surface area contributed by atoms with E-state index in [1.54, 1.807) is 7.11 Å². The van der Waals surface area contributed by atoms with Crippen molar-refractivity contribution in [3.8, 4) is 11.8 Å². The van der Waals surface area contributed by atoms with Crippen LogP contribution in [0.3, 0.4) is 0 Å². The molecule has 208 valence electrons. The molecule has 0 aromatic heterocycles. The Morgan fingerprint density at radius 3 is 1.79 bits per heavy atom. The predicted octanol–water partition coefficient (Wildman–Crippen LogP) is 7.26. The molecule has 39 heavy (non-hydrogen) atoms. The molecule has 0 radical (unpaired) electrons. The fourth-order valence-electron chi connectivity index (χ4n) is 4.83. The normalized spacial score (nSPS) is 12.6. The van der Waals surface area contributed by atoms with E-state index in [9.17, 15) is 0 Å². The van der Waals surface area contributed by atoms with Crippen molar-refractivity contribution in [2.75, 3.05) is 26.9 Å². The number of nitrogens with zero attached hydrogens (tertiary/aromatic N) is 2. The quantitative estimate of drug-likeness (QED) is 0.116. The third-order valence-electron chi connectivity index (χ3n) is 6.51. The molecule has 0 aliphatic carbocycles. The van der Waals surface area contributed by atoms with Crippen LogP contribution in [0.1, 0.15) is 57.2 Å². The SMILES string of the molecule is COc1ccc(C(NCCCOP(OCCC#N)N(C(C)C)C(C)C)(c2ccccc2)c2ccccc2)cc1. The van der Waals surface area contributed by atoms with E-state index in [0.29, 0.717) is 19.6 Å². The molecule has 0 fully saturated rings. The second-order valence-corrected chi connectivity index (χ2v) is 11.3. The van der Waals surface area contributed by atoms with Gasteiger partial charge in [0.15, 0.2) is 0 Å². The highest BCUT2D eigenvalue weighted by atomic mass is 31.2. The lowest BCUT2D eigenvalue weighted by molar-refractivity contribution is 0.174. The largest absolute Gasteiger partial charge is 0.497 e. The number of rotatable bonds is 16. The van der Waals surface area contributed by atoms with Crippen LogP contribution >= 0.6 is 8.53 Å². The molecule has 0 aliphatic heterocycles. The molecular formula is C32H42N3O3P. The van der Waals surface area contributed by atoms with Gasteiger partial charge in [-0.25, -0.2) is 4.67 Å². The molecule has 1 N–H and O–H groups in total. The van der Waals surface area contributed by atoms with Crippen LogP contribution < -0.4 is 10.1 Å². The molecule has 3 aromatic carbocycles. The van der Waals surface area contributed by atoms with Crippen molar-refractivity contribution < 1.29 is 13.8 Å². The fraction of sp³-hybridized carbons (Fsp3) is 0.406. The number of methoxy groups -OCH3 is 1. The van der Waals surface area contributed by atoms with Gasteiger partial charge in [0.05, 0.1) is 38.4 Å². The van der Waals surface area contributed by atoms with Crippen molar-refractivity contribution in [3.63, 3.8) is 0 Å². The number of hydrogen-bond donors (Lipinski definition) is 1. The molecule has 7 heteroatoms. The van der Waals surface area contributed by atoms with E-state index in [4.69, 9.17) is 19.0 Å².